The average Bonchev–Trinajstić information content (AvgIpc) is 2.75. The first-order chi connectivity index (χ1) is 8.10. The molecule has 0 aliphatic carbocycles. The largest absolute Gasteiger partial charge is 0.324 e. The lowest BCUT2D eigenvalue weighted by Gasteiger charge is -2.15. The van der Waals surface area contributed by atoms with Crippen molar-refractivity contribution in [3.63, 3.8) is 0 Å². The van der Waals surface area contributed by atoms with Crippen molar-refractivity contribution in [2.24, 2.45) is 5.73 Å². The van der Waals surface area contributed by atoms with Crippen molar-refractivity contribution in [1.29, 1.82) is 0 Å². The van der Waals surface area contributed by atoms with Gasteiger partial charge in [0, 0.05) is 23.3 Å². The van der Waals surface area contributed by atoms with Gasteiger partial charge in [-0.15, -0.1) is 0 Å². The molecule has 0 radical (unpaired) electrons. The summed E-state index contributed by atoms with van der Waals surface area (Å²) in [6.07, 6.45) is 4.07. The topological polar surface area (TPSA) is 43.8 Å². The van der Waals surface area contributed by atoms with E-state index in [1.54, 1.807) is 0 Å². The number of rotatable bonds is 6. The van der Waals surface area contributed by atoms with Gasteiger partial charge in [-0.1, -0.05) is 27.7 Å². The minimum absolute atomic E-state index is 0.137. The molecule has 0 aliphatic heterocycles. The Morgan fingerprint density at radius 1 is 1.12 bits per heavy atom. The van der Waals surface area contributed by atoms with E-state index >= 15 is 0 Å². The summed E-state index contributed by atoms with van der Waals surface area (Å²) in [6, 6.07) is 0.603. The second-order valence-electron chi connectivity index (χ2n) is 4.73. The van der Waals surface area contributed by atoms with Crippen molar-refractivity contribution in [3.05, 3.63) is 17.0 Å². The van der Waals surface area contributed by atoms with Crippen molar-refractivity contribution < 1.29 is 0 Å². The minimum atomic E-state index is 0.137. The summed E-state index contributed by atoms with van der Waals surface area (Å²) in [5.74, 6) is 0. The Morgan fingerprint density at radius 3 is 2.18 bits per heavy atom. The molecule has 98 valence electrons. The number of nitrogens with zero attached hydrogens (tertiary/aromatic N) is 2. The van der Waals surface area contributed by atoms with Crippen LogP contribution in [0.2, 0.25) is 0 Å². The number of hydrogen-bond acceptors (Lipinski definition) is 2. The maximum absolute atomic E-state index is 6.25. The number of aromatic nitrogens is 2. The molecule has 0 saturated heterocycles. The molecule has 1 rings (SSSR count). The number of nitrogens with two attached hydrogens (primary N) is 1. The average molecular weight is 237 g/mol. The summed E-state index contributed by atoms with van der Waals surface area (Å²) in [7, 11) is 0. The van der Waals surface area contributed by atoms with E-state index in [-0.39, 0.29) is 6.04 Å². The van der Waals surface area contributed by atoms with E-state index in [0.717, 1.165) is 25.7 Å². The fourth-order valence-electron chi connectivity index (χ4n) is 2.32. The van der Waals surface area contributed by atoms with Crippen molar-refractivity contribution in [2.75, 3.05) is 0 Å². The zero-order chi connectivity index (χ0) is 13.0. The van der Waals surface area contributed by atoms with E-state index in [1.165, 1.54) is 17.0 Å². The van der Waals surface area contributed by atoms with Crippen molar-refractivity contribution in [2.45, 2.75) is 72.4 Å². The quantitative estimate of drug-likeness (QED) is 0.824. The highest BCUT2D eigenvalue weighted by Crippen LogP contribution is 2.27. The van der Waals surface area contributed by atoms with Crippen LogP contribution in [0.4, 0.5) is 0 Å². The summed E-state index contributed by atoms with van der Waals surface area (Å²) in [4.78, 5) is 0. The maximum atomic E-state index is 6.25. The smallest absolute Gasteiger partial charge is 0.0672 e. The Hall–Kier alpha value is -0.830. The molecule has 0 saturated carbocycles. The number of hydrogen-bond donors (Lipinski definition) is 1. The highest BCUT2D eigenvalue weighted by Gasteiger charge is 2.21. The highest BCUT2D eigenvalue weighted by molar-refractivity contribution is 5.30. The first-order valence-electron chi connectivity index (χ1n) is 6.96. The molecule has 0 fully saturated rings. The monoisotopic (exact) mass is 237 g/mol. The number of aryl methyl sites for hydroxylation is 1. The molecule has 0 aliphatic rings. The van der Waals surface area contributed by atoms with Gasteiger partial charge >= 0.3 is 0 Å². The van der Waals surface area contributed by atoms with Gasteiger partial charge in [-0.25, -0.2) is 0 Å². The van der Waals surface area contributed by atoms with E-state index in [0.29, 0.717) is 6.04 Å². The summed E-state index contributed by atoms with van der Waals surface area (Å²) >= 11 is 0. The Morgan fingerprint density at radius 2 is 1.76 bits per heavy atom. The first kappa shape index (κ1) is 14.2. The highest BCUT2D eigenvalue weighted by atomic mass is 15.3. The van der Waals surface area contributed by atoms with Gasteiger partial charge in [-0.2, -0.15) is 5.10 Å². The van der Waals surface area contributed by atoms with Crippen LogP contribution in [0.15, 0.2) is 0 Å². The lowest BCUT2D eigenvalue weighted by atomic mass is 10.00. The molecule has 2 N–H and O–H groups in total. The van der Waals surface area contributed by atoms with E-state index in [1.807, 2.05) is 0 Å². The second-order valence-corrected chi connectivity index (χ2v) is 4.73. The van der Waals surface area contributed by atoms with Gasteiger partial charge in [0.2, 0.25) is 0 Å². The predicted molar refractivity (Wildman–Crippen MR) is 73.2 cm³/mol. The van der Waals surface area contributed by atoms with Crippen molar-refractivity contribution >= 4 is 0 Å². The third kappa shape index (κ3) is 2.71. The first-order valence-corrected chi connectivity index (χ1v) is 6.96. The van der Waals surface area contributed by atoms with Crippen LogP contribution < -0.4 is 5.73 Å². The van der Waals surface area contributed by atoms with Gasteiger partial charge in [-0.05, 0) is 32.6 Å². The van der Waals surface area contributed by atoms with Gasteiger partial charge < -0.3 is 5.73 Å². The zero-order valence-corrected chi connectivity index (χ0v) is 12.0. The van der Waals surface area contributed by atoms with Crippen LogP contribution in [0, 0.1) is 0 Å². The Bertz CT molecular complexity index is 355. The Labute approximate surface area is 105 Å². The van der Waals surface area contributed by atoms with E-state index in [9.17, 15) is 0 Å². The maximum Gasteiger partial charge on any atom is 0.0672 e. The van der Waals surface area contributed by atoms with Crippen LogP contribution in [0.3, 0.4) is 0 Å². The molecule has 1 aromatic rings. The van der Waals surface area contributed by atoms with Crippen LogP contribution in [0.5, 0.6) is 0 Å². The van der Waals surface area contributed by atoms with E-state index in [2.05, 4.69) is 39.3 Å². The van der Waals surface area contributed by atoms with Crippen LogP contribution in [0.25, 0.3) is 0 Å². The lowest BCUT2D eigenvalue weighted by Crippen LogP contribution is -2.14. The molecule has 0 spiro atoms. The van der Waals surface area contributed by atoms with Gasteiger partial charge in [0.1, 0.15) is 0 Å². The molecular weight excluding hydrogens is 210 g/mol. The van der Waals surface area contributed by atoms with Crippen LogP contribution in [-0.4, -0.2) is 9.78 Å². The van der Waals surface area contributed by atoms with Gasteiger partial charge in [0.25, 0.3) is 0 Å². The molecule has 3 nitrogen and oxygen atoms in total. The van der Waals surface area contributed by atoms with Gasteiger partial charge in [-0.3, -0.25) is 4.68 Å². The second kappa shape index (κ2) is 6.20. The fourth-order valence-corrected chi connectivity index (χ4v) is 2.32. The molecule has 0 amide bonds. The Balaban J connectivity index is 3.30. The Kier molecular flexibility index (Phi) is 5.19. The van der Waals surface area contributed by atoms with E-state index < -0.39 is 0 Å². The molecule has 0 bridgehead atoms. The summed E-state index contributed by atoms with van der Waals surface area (Å²) in [5, 5.41) is 4.78. The standard InChI is InChI=1S/C14H27N3/c1-6-10(5)17-13(9-4)14(11(15)7-2)12(8-3)16-17/h10-11H,6-9,15H2,1-5H3. The van der Waals surface area contributed by atoms with Crippen LogP contribution in [0.1, 0.15) is 76.5 Å². The fraction of sp³-hybridized carbons (Fsp3) is 0.786. The van der Waals surface area contributed by atoms with Crippen molar-refractivity contribution in [1.82, 2.24) is 9.78 Å². The summed E-state index contributed by atoms with van der Waals surface area (Å²) in [5.41, 5.74) is 10.1. The molecule has 1 aromatic heterocycles. The molecule has 2 unspecified atom stereocenters. The molecule has 2 atom stereocenters. The molecular formula is C14H27N3. The molecule has 0 aromatic carbocycles. The molecule has 3 heteroatoms. The minimum Gasteiger partial charge on any atom is -0.324 e. The molecule has 17 heavy (non-hydrogen) atoms. The van der Waals surface area contributed by atoms with Crippen molar-refractivity contribution in [3.8, 4) is 0 Å². The van der Waals surface area contributed by atoms with Gasteiger partial charge in [0.15, 0.2) is 0 Å². The summed E-state index contributed by atoms with van der Waals surface area (Å²) < 4.78 is 2.20. The summed E-state index contributed by atoms with van der Waals surface area (Å²) in [6.45, 7) is 10.9. The normalized spacial score (nSPS) is 14.9. The third-order valence-corrected chi connectivity index (χ3v) is 3.62. The lowest BCUT2D eigenvalue weighted by molar-refractivity contribution is 0.457. The van der Waals surface area contributed by atoms with Crippen LogP contribution in [-0.2, 0) is 12.8 Å². The van der Waals surface area contributed by atoms with Gasteiger partial charge in [0.05, 0.1) is 5.69 Å². The zero-order valence-electron chi connectivity index (χ0n) is 12.0. The SMILES string of the molecule is CCc1nn(C(C)CC)c(CC)c1C(N)CC. The molecule has 1 heterocycles. The predicted octanol–water partition coefficient (Wildman–Crippen LogP) is 3.39. The van der Waals surface area contributed by atoms with Crippen LogP contribution >= 0.6 is 0 Å². The third-order valence-electron chi connectivity index (χ3n) is 3.62. The van der Waals surface area contributed by atoms with E-state index in [4.69, 9.17) is 10.8 Å².